The molecule has 0 N–H and O–H groups in total. The zero-order valence-corrected chi connectivity index (χ0v) is 10.5. The number of hydrogen-bond donors (Lipinski definition) is 0. The number of carbonyl (C=O) groups excluding carboxylic acids is 2. The summed E-state index contributed by atoms with van der Waals surface area (Å²) in [5, 5.41) is 0. The van der Waals surface area contributed by atoms with Gasteiger partial charge in [-0.1, -0.05) is 19.3 Å². The van der Waals surface area contributed by atoms with Crippen LogP contribution in [0.4, 0.5) is 0 Å². The molecule has 0 aromatic heterocycles. The summed E-state index contributed by atoms with van der Waals surface area (Å²) in [5.74, 6) is 0.238. The molecule has 1 atom stereocenters. The van der Waals surface area contributed by atoms with Crippen molar-refractivity contribution in [3.8, 4) is 0 Å². The van der Waals surface area contributed by atoms with Crippen molar-refractivity contribution in [3.63, 3.8) is 0 Å². The lowest BCUT2D eigenvalue weighted by atomic mass is 9.78. The Kier molecular flexibility index (Phi) is 4.51. The SMILES string of the molecule is CC(C)(C)OC(=O)C[C@H](C=O)CC1CCC1. The minimum Gasteiger partial charge on any atom is -0.460 e. The van der Waals surface area contributed by atoms with Crippen molar-refractivity contribution in [1.29, 1.82) is 0 Å². The van der Waals surface area contributed by atoms with E-state index in [-0.39, 0.29) is 18.3 Å². The summed E-state index contributed by atoms with van der Waals surface area (Å²) in [6, 6.07) is 0. The fourth-order valence-electron chi connectivity index (χ4n) is 1.94. The second-order valence-electron chi connectivity index (χ2n) is 5.72. The normalized spacial score (nSPS) is 18.7. The topological polar surface area (TPSA) is 43.4 Å². The highest BCUT2D eigenvalue weighted by Crippen LogP contribution is 2.32. The Labute approximate surface area is 97.5 Å². The van der Waals surface area contributed by atoms with Gasteiger partial charge in [0.1, 0.15) is 11.9 Å². The van der Waals surface area contributed by atoms with E-state index in [1.807, 2.05) is 20.8 Å². The van der Waals surface area contributed by atoms with E-state index in [0.29, 0.717) is 5.92 Å². The molecule has 3 heteroatoms. The van der Waals surface area contributed by atoms with Crippen molar-refractivity contribution < 1.29 is 14.3 Å². The Hall–Kier alpha value is -0.860. The van der Waals surface area contributed by atoms with Crippen molar-refractivity contribution >= 4 is 12.3 Å². The predicted molar refractivity (Wildman–Crippen MR) is 62.0 cm³/mol. The van der Waals surface area contributed by atoms with Crippen LogP contribution < -0.4 is 0 Å². The van der Waals surface area contributed by atoms with Gasteiger partial charge in [0.05, 0.1) is 6.42 Å². The molecular formula is C13H22O3. The lowest BCUT2D eigenvalue weighted by Gasteiger charge is -2.27. The van der Waals surface area contributed by atoms with Gasteiger partial charge in [0.15, 0.2) is 0 Å². The van der Waals surface area contributed by atoms with Crippen LogP contribution in [0.5, 0.6) is 0 Å². The molecule has 0 unspecified atom stereocenters. The van der Waals surface area contributed by atoms with Gasteiger partial charge in [-0.2, -0.15) is 0 Å². The monoisotopic (exact) mass is 226 g/mol. The van der Waals surface area contributed by atoms with Crippen LogP contribution in [0.25, 0.3) is 0 Å². The molecule has 1 saturated carbocycles. The standard InChI is InChI=1S/C13H22O3/c1-13(2,3)16-12(15)8-11(9-14)7-10-5-4-6-10/h9-11H,4-8H2,1-3H3/t11-/m1/s1. The highest BCUT2D eigenvalue weighted by Gasteiger charge is 2.25. The molecule has 1 rings (SSSR count). The Balaban J connectivity index is 2.31. The fourth-order valence-corrected chi connectivity index (χ4v) is 1.94. The van der Waals surface area contributed by atoms with Crippen LogP contribution in [0.2, 0.25) is 0 Å². The molecule has 16 heavy (non-hydrogen) atoms. The van der Waals surface area contributed by atoms with Crippen LogP contribution >= 0.6 is 0 Å². The summed E-state index contributed by atoms with van der Waals surface area (Å²) in [5.41, 5.74) is -0.457. The van der Waals surface area contributed by atoms with Gasteiger partial charge in [0.25, 0.3) is 0 Å². The molecule has 0 bridgehead atoms. The van der Waals surface area contributed by atoms with Gasteiger partial charge in [0.2, 0.25) is 0 Å². The molecule has 1 aliphatic rings. The van der Waals surface area contributed by atoms with Crippen LogP contribution in [0, 0.1) is 11.8 Å². The quantitative estimate of drug-likeness (QED) is 0.534. The summed E-state index contributed by atoms with van der Waals surface area (Å²) >= 11 is 0. The maximum absolute atomic E-state index is 11.5. The number of carbonyl (C=O) groups is 2. The van der Waals surface area contributed by atoms with E-state index in [2.05, 4.69) is 0 Å². The molecule has 3 nitrogen and oxygen atoms in total. The van der Waals surface area contributed by atoms with Crippen molar-refractivity contribution in [2.45, 2.75) is 58.5 Å². The summed E-state index contributed by atoms with van der Waals surface area (Å²) in [7, 11) is 0. The Morgan fingerprint density at radius 3 is 2.44 bits per heavy atom. The van der Waals surface area contributed by atoms with Crippen LogP contribution in [-0.2, 0) is 14.3 Å². The first-order valence-electron chi connectivity index (χ1n) is 6.08. The van der Waals surface area contributed by atoms with E-state index < -0.39 is 5.60 Å². The average molecular weight is 226 g/mol. The smallest absolute Gasteiger partial charge is 0.307 e. The number of aldehydes is 1. The van der Waals surface area contributed by atoms with E-state index >= 15 is 0 Å². The highest BCUT2D eigenvalue weighted by atomic mass is 16.6. The fraction of sp³-hybridized carbons (Fsp3) is 0.846. The van der Waals surface area contributed by atoms with Gasteiger partial charge < -0.3 is 9.53 Å². The molecule has 0 spiro atoms. The molecule has 92 valence electrons. The van der Waals surface area contributed by atoms with Crippen molar-refractivity contribution in [1.82, 2.24) is 0 Å². The zero-order chi connectivity index (χ0) is 12.2. The number of rotatable bonds is 5. The third-order valence-corrected chi connectivity index (χ3v) is 2.90. The van der Waals surface area contributed by atoms with Crippen molar-refractivity contribution in [2.75, 3.05) is 0 Å². The Bertz CT molecular complexity index is 248. The molecule has 0 heterocycles. The predicted octanol–water partition coefficient (Wildman–Crippen LogP) is 2.72. The third-order valence-electron chi connectivity index (χ3n) is 2.90. The first kappa shape index (κ1) is 13.2. The van der Waals surface area contributed by atoms with Gasteiger partial charge in [-0.15, -0.1) is 0 Å². The number of hydrogen-bond acceptors (Lipinski definition) is 3. The second kappa shape index (κ2) is 5.46. The second-order valence-corrected chi connectivity index (χ2v) is 5.72. The summed E-state index contributed by atoms with van der Waals surface area (Å²) in [4.78, 5) is 22.4. The van der Waals surface area contributed by atoms with E-state index in [1.54, 1.807) is 0 Å². The molecule has 1 aliphatic carbocycles. The van der Waals surface area contributed by atoms with Gasteiger partial charge in [-0.05, 0) is 33.1 Å². The lowest BCUT2D eigenvalue weighted by Crippen LogP contribution is -2.26. The maximum atomic E-state index is 11.5. The molecule has 0 saturated heterocycles. The van der Waals surface area contributed by atoms with E-state index in [4.69, 9.17) is 4.74 Å². The van der Waals surface area contributed by atoms with Gasteiger partial charge >= 0.3 is 5.97 Å². The average Bonchev–Trinajstić information content (AvgIpc) is 2.05. The highest BCUT2D eigenvalue weighted by molar-refractivity contribution is 5.74. The van der Waals surface area contributed by atoms with Crippen LogP contribution in [0.1, 0.15) is 52.9 Å². The first-order chi connectivity index (χ1) is 7.40. The number of ether oxygens (including phenoxy) is 1. The minimum absolute atomic E-state index is 0.153. The van der Waals surface area contributed by atoms with E-state index in [0.717, 1.165) is 12.7 Å². The summed E-state index contributed by atoms with van der Waals surface area (Å²) in [6.45, 7) is 5.52. The van der Waals surface area contributed by atoms with E-state index in [1.165, 1.54) is 19.3 Å². The first-order valence-corrected chi connectivity index (χ1v) is 6.08. The molecule has 0 radical (unpaired) electrons. The third kappa shape index (κ3) is 4.77. The van der Waals surface area contributed by atoms with Gasteiger partial charge in [-0.25, -0.2) is 0 Å². The largest absolute Gasteiger partial charge is 0.460 e. The number of esters is 1. The molecule has 0 aromatic rings. The molecular weight excluding hydrogens is 204 g/mol. The van der Waals surface area contributed by atoms with Crippen molar-refractivity contribution in [3.05, 3.63) is 0 Å². The van der Waals surface area contributed by atoms with Gasteiger partial charge in [0, 0.05) is 5.92 Å². The van der Waals surface area contributed by atoms with E-state index in [9.17, 15) is 9.59 Å². The Morgan fingerprint density at radius 2 is 2.06 bits per heavy atom. The zero-order valence-electron chi connectivity index (χ0n) is 10.5. The van der Waals surface area contributed by atoms with Gasteiger partial charge in [-0.3, -0.25) is 4.79 Å². The van der Waals surface area contributed by atoms with Crippen LogP contribution in [-0.4, -0.2) is 17.9 Å². The molecule has 0 amide bonds. The van der Waals surface area contributed by atoms with Crippen LogP contribution in [0.15, 0.2) is 0 Å². The summed E-state index contributed by atoms with van der Waals surface area (Å²) < 4.78 is 5.21. The molecule has 1 fully saturated rings. The molecule has 0 aromatic carbocycles. The minimum atomic E-state index is -0.457. The van der Waals surface area contributed by atoms with Crippen molar-refractivity contribution in [2.24, 2.45) is 11.8 Å². The lowest BCUT2D eigenvalue weighted by molar-refractivity contribution is -0.156. The molecule has 0 aliphatic heterocycles. The Morgan fingerprint density at radius 1 is 1.44 bits per heavy atom. The van der Waals surface area contributed by atoms with Crippen LogP contribution in [0.3, 0.4) is 0 Å². The summed E-state index contributed by atoms with van der Waals surface area (Å²) in [6.07, 6.45) is 5.67. The maximum Gasteiger partial charge on any atom is 0.307 e.